The van der Waals surface area contributed by atoms with Gasteiger partial charge in [-0.25, -0.2) is 10.2 Å². The van der Waals surface area contributed by atoms with Crippen LogP contribution in [0.3, 0.4) is 0 Å². The molecule has 4 aromatic rings. The van der Waals surface area contributed by atoms with Crippen LogP contribution in [0.5, 0.6) is 0 Å². The molecule has 0 spiro atoms. The molecule has 2 aromatic carbocycles. The van der Waals surface area contributed by atoms with E-state index in [0.717, 1.165) is 46.5 Å². The van der Waals surface area contributed by atoms with E-state index in [0.29, 0.717) is 22.4 Å². The summed E-state index contributed by atoms with van der Waals surface area (Å²) in [6, 6.07) is 15.7. The second kappa shape index (κ2) is 12.6. The third-order valence-corrected chi connectivity index (χ3v) is 4.80. The number of pyridine rings is 1. The highest BCUT2D eigenvalue weighted by atomic mass is 32.2. The normalized spacial score (nSPS) is 9.97. The fraction of sp³-hybridized carbons (Fsp3) is 0.182. The largest absolute Gasteiger partial charge is 0.400 e. The monoisotopic (exact) mass is 440 g/mol. The van der Waals surface area contributed by atoms with Gasteiger partial charge in [0.25, 0.3) is 0 Å². The maximum Gasteiger partial charge on any atom is 0.209 e. The van der Waals surface area contributed by atoms with Gasteiger partial charge in [-0.15, -0.1) is 5.10 Å². The molecular weight excluding hydrogens is 414 g/mol. The maximum absolute atomic E-state index is 10.5. The number of carbonyl (C=O) groups is 1. The number of nitrogens with two attached hydrogens (primary N) is 1. The summed E-state index contributed by atoms with van der Waals surface area (Å²) >= 11 is 1.26. The second-order valence-corrected chi connectivity index (χ2v) is 6.82. The molecule has 0 saturated heterocycles. The first-order valence-corrected chi connectivity index (χ1v) is 10.7. The van der Waals surface area contributed by atoms with Gasteiger partial charge >= 0.3 is 0 Å². The highest BCUT2D eigenvalue weighted by molar-refractivity contribution is 7.99. The number of aromatic nitrogens is 4. The molecule has 2 heterocycles. The van der Waals surface area contributed by atoms with Gasteiger partial charge in [-0.2, -0.15) is 5.48 Å². The third kappa shape index (κ3) is 6.19. The summed E-state index contributed by atoms with van der Waals surface area (Å²) < 4.78 is 0. The molecule has 0 bridgehead atoms. The average molecular weight is 441 g/mol. The Morgan fingerprint density at radius 1 is 1.06 bits per heavy atom. The number of H-pyrrole nitrogens is 1. The average Bonchev–Trinajstić information content (AvgIpc) is 3.33. The summed E-state index contributed by atoms with van der Waals surface area (Å²) in [5.74, 6) is 0.883. The maximum atomic E-state index is 10.5. The van der Waals surface area contributed by atoms with Crippen LogP contribution in [-0.2, 0) is 4.79 Å². The molecule has 0 radical (unpaired) electrons. The quantitative estimate of drug-likeness (QED) is 0.157. The Labute approximate surface area is 184 Å². The first-order chi connectivity index (χ1) is 15.3. The Balaban J connectivity index is 0.000000807. The molecule has 0 fully saturated rings. The van der Waals surface area contributed by atoms with Gasteiger partial charge in [0.2, 0.25) is 5.16 Å². The van der Waals surface area contributed by atoms with Crippen molar-refractivity contribution in [2.75, 3.05) is 12.9 Å². The van der Waals surface area contributed by atoms with Crippen LogP contribution in [0, 0.1) is 0 Å². The summed E-state index contributed by atoms with van der Waals surface area (Å²) in [7, 11) is 1.00. The summed E-state index contributed by atoms with van der Waals surface area (Å²) in [5, 5.41) is 25.1. The van der Waals surface area contributed by atoms with E-state index in [4.69, 9.17) is 5.11 Å². The summed E-state index contributed by atoms with van der Waals surface area (Å²) in [4.78, 5) is 19.3. The highest BCUT2D eigenvalue weighted by Gasteiger charge is 2.12. The molecule has 5 N–H and O–H groups in total. The standard InChI is InChI=1S/C19H15N5O2S.C2H6.CH4O/c25-6-7-27-19-21-18(22-23-19)15-9-14(10-16(11-15)24-26)12-3-4-17-13(8-12)2-1-5-20-17;2*1-2/h1-6,8-11,24,26H,7H2,(H,21,22,23);1-2H3;2H,1H3/p+1. The number of aromatic amines is 1. The van der Waals surface area contributed by atoms with Crippen LogP contribution < -0.4 is 5.48 Å². The zero-order chi connectivity index (χ0) is 22.6. The summed E-state index contributed by atoms with van der Waals surface area (Å²) in [5.41, 5.74) is 5.40. The first kappa shape index (κ1) is 24.2. The lowest BCUT2D eigenvalue weighted by molar-refractivity contribution is -0.825. The zero-order valence-electron chi connectivity index (χ0n) is 17.6. The zero-order valence-corrected chi connectivity index (χ0v) is 18.4. The fourth-order valence-corrected chi connectivity index (χ4v) is 3.32. The van der Waals surface area contributed by atoms with Crippen molar-refractivity contribution in [3.63, 3.8) is 0 Å². The van der Waals surface area contributed by atoms with E-state index in [2.05, 4.69) is 26.2 Å². The Morgan fingerprint density at radius 3 is 2.58 bits per heavy atom. The predicted octanol–water partition coefficient (Wildman–Crippen LogP) is 3.20. The molecule has 162 valence electrons. The number of nitrogens with one attached hydrogen (secondary N) is 1. The van der Waals surface area contributed by atoms with E-state index < -0.39 is 0 Å². The van der Waals surface area contributed by atoms with Crippen LogP contribution >= 0.6 is 11.8 Å². The lowest BCUT2D eigenvalue weighted by Crippen LogP contribution is -2.73. The Kier molecular flexibility index (Phi) is 9.79. The highest BCUT2D eigenvalue weighted by Crippen LogP contribution is 2.29. The van der Waals surface area contributed by atoms with Crippen LogP contribution in [-0.4, -0.2) is 49.6 Å². The number of aliphatic hydroxyl groups excluding tert-OH is 1. The number of fused-ring (bicyclic) bond motifs is 1. The Bertz CT molecular complexity index is 1120. The van der Waals surface area contributed by atoms with Crippen LogP contribution in [0.2, 0.25) is 0 Å². The number of benzene rings is 2. The molecule has 2 aromatic heterocycles. The SMILES string of the molecule is CC.CO.O=CCSc1n[nH]c(-c2cc([NH2+]O)cc(-c3ccc4ncccc4c3)c2)n1. The Hall–Kier alpha value is -3.11. The molecule has 0 unspecified atom stereocenters. The van der Waals surface area contributed by atoms with Crippen LogP contribution in [0.4, 0.5) is 5.69 Å². The van der Waals surface area contributed by atoms with Gasteiger partial charge in [-0.3, -0.25) is 10.1 Å². The van der Waals surface area contributed by atoms with Crippen molar-refractivity contribution in [2.45, 2.75) is 19.0 Å². The van der Waals surface area contributed by atoms with Gasteiger partial charge < -0.3 is 9.90 Å². The predicted molar refractivity (Wildman–Crippen MR) is 122 cm³/mol. The van der Waals surface area contributed by atoms with E-state index in [1.807, 2.05) is 56.3 Å². The number of thioether (sulfide) groups is 1. The van der Waals surface area contributed by atoms with Crippen molar-refractivity contribution in [1.29, 1.82) is 0 Å². The second-order valence-electron chi connectivity index (χ2n) is 5.83. The minimum atomic E-state index is 0.304. The summed E-state index contributed by atoms with van der Waals surface area (Å²) in [6.45, 7) is 4.00. The van der Waals surface area contributed by atoms with Crippen molar-refractivity contribution in [3.8, 4) is 22.5 Å². The number of nitrogens with zero attached hydrogens (tertiary/aromatic N) is 3. The van der Waals surface area contributed by atoms with Gasteiger partial charge in [0, 0.05) is 36.4 Å². The van der Waals surface area contributed by atoms with Crippen molar-refractivity contribution >= 4 is 34.6 Å². The van der Waals surface area contributed by atoms with Crippen molar-refractivity contribution in [1.82, 2.24) is 20.2 Å². The lowest BCUT2D eigenvalue weighted by Gasteiger charge is -2.07. The molecule has 31 heavy (non-hydrogen) atoms. The van der Waals surface area contributed by atoms with Crippen molar-refractivity contribution in [2.24, 2.45) is 0 Å². The van der Waals surface area contributed by atoms with Crippen molar-refractivity contribution < 1.29 is 20.6 Å². The van der Waals surface area contributed by atoms with E-state index in [1.54, 1.807) is 6.20 Å². The van der Waals surface area contributed by atoms with Gasteiger partial charge in [0.05, 0.1) is 11.3 Å². The van der Waals surface area contributed by atoms with Crippen LogP contribution in [0.25, 0.3) is 33.4 Å². The van der Waals surface area contributed by atoms with Gasteiger partial charge in [-0.1, -0.05) is 37.7 Å². The molecule has 0 aliphatic rings. The van der Waals surface area contributed by atoms with E-state index in [9.17, 15) is 10.0 Å². The van der Waals surface area contributed by atoms with E-state index in [-0.39, 0.29) is 0 Å². The molecule has 0 aliphatic carbocycles. The number of aldehydes is 1. The van der Waals surface area contributed by atoms with Gasteiger partial charge in [-0.05, 0) is 35.4 Å². The molecule has 4 rings (SSSR count). The Morgan fingerprint density at radius 2 is 1.84 bits per heavy atom. The summed E-state index contributed by atoms with van der Waals surface area (Å²) in [6.07, 6.45) is 2.58. The lowest BCUT2D eigenvalue weighted by atomic mass is 10.00. The minimum Gasteiger partial charge on any atom is -0.400 e. The van der Waals surface area contributed by atoms with Gasteiger partial charge in [0.1, 0.15) is 6.29 Å². The molecule has 8 nitrogen and oxygen atoms in total. The van der Waals surface area contributed by atoms with E-state index in [1.165, 1.54) is 11.8 Å². The molecule has 0 saturated carbocycles. The first-order valence-electron chi connectivity index (χ1n) is 9.68. The fourth-order valence-electron chi connectivity index (χ4n) is 2.83. The van der Waals surface area contributed by atoms with Crippen LogP contribution in [0.1, 0.15) is 13.8 Å². The number of rotatable bonds is 6. The van der Waals surface area contributed by atoms with E-state index >= 15 is 0 Å². The molecule has 0 atom stereocenters. The molecule has 9 heteroatoms. The number of hydrogen-bond acceptors (Lipinski definition) is 7. The number of aliphatic hydroxyl groups is 1. The number of carbonyl (C=O) groups excluding carboxylic acids is 1. The van der Waals surface area contributed by atoms with Gasteiger partial charge in [0.15, 0.2) is 11.5 Å². The topological polar surface area (TPSA) is 129 Å². The minimum absolute atomic E-state index is 0.304. The smallest absolute Gasteiger partial charge is 0.209 e. The molecule has 0 amide bonds. The third-order valence-electron chi connectivity index (χ3n) is 4.06. The van der Waals surface area contributed by atoms with Crippen LogP contribution in [0.15, 0.2) is 59.9 Å². The molecule has 0 aliphatic heterocycles. The number of hydrogen-bond donors (Lipinski definition) is 4. The molecular formula is C22H26N5O3S+. The van der Waals surface area contributed by atoms with Crippen molar-refractivity contribution in [3.05, 3.63) is 54.7 Å². The number of quaternary nitrogens is 1.